The average molecular weight is 276 g/mol. The van der Waals surface area contributed by atoms with Gasteiger partial charge in [-0.3, -0.25) is 4.79 Å². The van der Waals surface area contributed by atoms with Crippen LogP contribution in [0.15, 0.2) is 18.2 Å². The fourth-order valence-corrected chi connectivity index (χ4v) is 1.59. The molecule has 0 saturated carbocycles. The minimum absolute atomic E-state index is 0.216. The fraction of sp³-hybridized carbons (Fsp3) is 0.417. The molecular weight excluding hydrogens is 261 g/mol. The molecule has 2 N–H and O–H groups in total. The lowest BCUT2D eigenvalue weighted by Crippen LogP contribution is -2.26. The molecule has 0 aromatic heterocycles. The van der Waals surface area contributed by atoms with Crippen molar-refractivity contribution in [3.05, 3.63) is 33.8 Å². The highest BCUT2D eigenvalue weighted by Gasteiger charge is 2.08. The summed E-state index contributed by atoms with van der Waals surface area (Å²) >= 11 is 11.6. The molecule has 5 heteroatoms. The molecule has 0 radical (unpaired) electrons. The number of aliphatic hydroxyl groups excluding tert-OH is 1. The van der Waals surface area contributed by atoms with Crippen LogP contribution < -0.4 is 5.32 Å². The second-order valence-electron chi connectivity index (χ2n) is 3.74. The van der Waals surface area contributed by atoms with E-state index in [1.807, 2.05) is 6.92 Å². The summed E-state index contributed by atoms with van der Waals surface area (Å²) in [6.45, 7) is 2.33. The molecule has 1 aromatic rings. The molecule has 0 spiro atoms. The molecular formula is C12H15Cl2NO2. The number of benzene rings is 1. The highest BCUT2D eigenvalue weighted by molar-refractivity contribution is 6.42. The molecule has 1 amide bonds. The second kappa shape index (κ2) is 6.84. The molecule has 1 aromatic carbocycles. The molecule has 0 heterocycles. The van der Waals surface area contributed by atoms with E-state index in [9.17, 15) is 9.90 Å². The highest BCUT2D eigenvalue weighted by Crippen LogP contribution is 2.22. The van der Waals surface area contributed by atoms with Crippen molar-refractivity contribution in [2.45, 2.75) is 25.9 Å². The van der Waals surface area contributed by atoms with Crippen LogP contribution in [-0.2, 0) is 0 Å². The minimum Gasteiger partial charge on any atom is -0.393 e. The lowest BCUT2D eigenvalue weighted by atomic mass is 10.2. The summed E-state index contributed by atoms with van der Waals surface area (Å²) < 4.78 is 0. The van der Waals surface area contributed by atoms with Gasteiger partial charge in [-0.1, -0.05) is 30.1 Å². The van der Waals surface area contributed by atoms with Crippen LogP contribution in [0.3, 0.4) is 0 Å². The van der Waals surface area contributed by atoms with E-state index in [-0.39, 0.29) is 12.0 Å². The Balaban J connectivity index is 2.50. The van der Waals surface area contributed by atoms with Gasteiger partial charge in [0.25, 0.3) is 5.91 Å². The van der Waals surface area contributed by atoms with Crippen LogP contribution >= 0.6 is 23.2 Å². The number of nitrogens with one attached hydrogen (secondary N) is 1. The number of rotatable bonds is 5. The molecule has 1 atom stereocenters. The smallest absolute Gasteiger partial charge is 0.251 e. The van der Waals surface area contributed by atoms with Gasteiger partial charge in [0.15, 0.2) is 0 Å². The van der Waals surface area contributed by atoms with Crippen molar-refractivity contribution < 1.29 is 9.90 Å². The second-order valence-corrected chi connectivity index (χ2v) is 4.55. The van der Waals surface area contributed by atoms with Crippen molar-refractivity contribution >= 4 is 29.1 Å². The maximum Gasteiger partial charge on any atom is 0.251 e. The molecule has 1 rings (SSSR count). The molecule has 3 nitrogen and oxygen atoms in total. The summed E-state index contributed by atoms with van der Waals surface area (Å²) in [6, 6.07) is 4.72. The Morgan fingerprint density at radius 2 is 2.12 bits per heavy atom. The molecule has 1 unspecified atom stereocenters. The van der Waals surface area contributed by atoms with Crippen LogP contribution in [0.1, 0.15) is 30.1 Å². The van der Waals surface area contributed by atoms with Gasteiger partial charge in [-0.25, -0.2) is 0 Å². The zero-order valence-electron chi connectivity index (χ0n) is 9.54. The van der Waals surface area contributed by atoms with E-state index >= 15 is 0 Å². The van der Waals surface area contributed by atoms with E-state index in [1.54, 1.807) is 12.1 Å². The first-order valence-electron chi connectivity index (χ1n) is 5.46. The number of carbonyl (C=O) groups is 1. The fourth-order valence-electron chi connectivity index (χ4n) is 1.30. The minimum atomic E-state index is -0.371. The van der Waals surface area contributed by atoms with E-state index in [1.165, 1.54) is 6.07 Å². The van der Waals surface area contributed by atoms with Crippen molar-refractivity contribution in [3.63, 3.8) is 0 Å². The summed E-state index contributed by atoms with van der Waals surface area (Å²) in [7, 11) is 0. The predicted octanol–water partition coefficient (Wildman–Crippen LogP) is 2.88. The predicted molar refractivity (Wildman–Crippen MR) is 69.7 cm³/mol. The monoisotopic (exact) mass is 275 g/mol. The van der Waals surface area contributed by atoms with Crippen molar-refractivity contribution in [2.24, 2.45) is 0 Å². The summed E-state index contributed by atoms with van der Waals surface area (Å²) in [5.41, 5.74) is 0.463. The summed E-state index contributed by atoms with van der Waals surface area (Å²) in [6.07, 6.45) is 0.857. The van der Waals surface area contributed by atoms with Crippen molar-refractivity contribution in [3.8, 4) is 0 Å². The van der Waals surface area contributed by atoms with Gasteiger partial charge in [0.1, 0.15) is 0 Å². The van der Waals surface area contributed by atoms with Gasteiger partial charge >= 0.3 is 0 Å². The van der Waals surface area contributed by atoms with Gasteiger partial charge in [0.2, 0.25) is 0 Å². The van der Waals surface area contributed by atoms with Crippen molar-refractivity contribution in [1.82, 2.24) is 5.32 Å². The normalized spacial score (nSPS) is 12.2. The molecule has 0 aliphatic carbocycles. The SMILES string of the molecule is CCC(O)CCNC(=O)c1ccc(Cl)c(Cl)c1. The van der Waals surface area contributed by atoms with Gasteiger partial charge in [-0.05, 0) is 31.0 Å². The zero-order valence-corrected chi connectivity index (χ0v) is 11.1. The lowest BCUT2D eigenvalue weighted by Gasteiger charge is -2.09. The number of hydrogen-bond donors (Lipinski definition) is 2. The number of halogens is 2. The van der Waals surface area contributed by atoms with Crippen LogP contribution in [0.4, 0.5) is 0 Å². The first-order chi connectivity index (χ1) is 8.04. The molecule has 17 heavy (non-hydrogen) atoms. The highest BCUT2D eigenvalue weighted by atomic mass is 35.5. The topological polar surface area (TPSA) is 49.3 Å². The van der Waals surface area contributed by atoms with Gasteiger partial charge in [-0.15, -0.1) is 0 Å². The molecule has 94 valence electrons. The maximum absolute atomic E-state index is 11.7. The Kier molecular flexibility index (Phi) is 5.75. The third-order valence-electron chi connectivity index (χ3n) is 2.42. The Morgan fingerprint density at radius 3 is 2.71 bits per heavy atom. The van der Waals surface area contributed by atoms with Gasteiger partial charge in [0, 0.05) is 12.1 Å². The summed E-state index contributed by atoms with van der Waals surface area (Å²) in [5, 5.41) is 12.8. The Bertz CT molecular complexity index is 396. The first-order valence-corrected chi connectivity index (χ1v) is 6.21. The van der Waals surface area contributed by atoms with Gasteiger partial charge < -0.3 is 10.4 Å². The molecule has 0 aliphatic heterocycles. The van der Waals surface area contributed by atoms with E-state index < -0.39 is 0 Å². The quantitative estimate of drug-likeness (QED) is 0.868. The van der Waals surface area contributed by atoms with Crippen LogP contribution in [0.5, 0.6) is 0 Å². The van der Waals surface area contributed by atoms with Gasteiger partial charge in [0.05, 0.1) is 16.1 Å². The molecule has 0 bridgehead atoms. The molecule has 0 aliphatic rings. The Labute approximate surface area is 111 Å². The lowest BCUT2D eigenvalue weighted by molar-refractivity contribution is 0.0942. The zero-order chi connectivity index (χ0) is 12.8. The largest absolute Gasteiger partial charge is 0.393 e. The molecule has 0 saturated heterocycles. The number of carbonyl (C=O) groups excluding carboxylic acids is 1. The van der Waals surface area contributed by atoms with E-state index in [4.69, 9.17) is 23.2 Å². The number of aliphatic hydroxyl groups is 1. The maximum atomic E-state index is 11.7. The average Bonchev–Trinajstić information content (AvgIpc) is 2.32. The first kappa shape index (κ1) is 14.3. The Hall–Kier alpha value is -0.770. The van der Waals surface area contributed by atoms with E-state index in [2.05, 4.69) is 5.32 Å². The van der Waals surface area contributed by atoms with Gasteiger partial charge in [-0.2, -0.15) is 0 Å². The van der Waals surface area contributed by atoms with Crippen molar-refractivity contribution in [2.75, 3.05) is 6.54 Å². The van der Waals surface area contributed by atoms with Crippen LogP contribution in [0.25, 0.3) is 0 Å². The Morgan fingerprint density at radius 1 is 1.41 bits per heavy atom. The summed E-state index contributed by atoms with van der Waals surface area (Å²) in [4.78, 5) is 11.7. The van der Waals surface area contributed by atoms with E-state index in [0.717, 1.165) is 0 Å². The number of hydrogen-bond acceptors (Lipinski definition) is 2. The third-order valence-corrected chi connectivity index (χ3v) is 3.16. The standard InChI is InChI=1S/C12H15Cl2NO2/c1-2-9(16)5-6-15-12(17)8-3-4-10(13)11(14)7-8/h3-4,7,9,16H,2,5-6H2,1H3,(H,15,17). The van der Waals surface area contributed by atoms with Crippen LogP contribution in [0, 0.1) is 0 Å². The molecule has 0 fully saturated rings. The van der Waals surface area contributed by atoms with Crippen LogP contribution in [0.2, 0.25) is 10.0 Å². The van der Waals surface area contributed by atoms with Crippen molar-refractivity contribution in [1.29, 1.82) is 0 Å². The number of amides is 1. The van der Waals surface area contributed by atoms with E-state index in [0.29, 0.717) is 35.0 Å². The summed E-state index contributed by atoms with van der Waals surface area (Å²) in [5.74, 6) is -0.216. The third kappa shape index (κ3) is 4.54. The van der Waals surface area contributed by atoms with Crippen LogP contribution in [-0.4, -0.2) is 23.7 Å².